The number of allylic oxidation sites excluding steroid dienone is 18. The molecule has 1 atom stereocenters. The molecule has 0 N–H and O–H groups in total. The van der Waals surface area contributed by atoms with E-state index in [1.807, 2.05) is 0 Å². The van der Waals surface area contributed by atoms with Crippen molar-refractivity contribution < 1.29 is 28.6 Å². The van der Waals surface area contributed by atoms with Crippen LogP contribution in [0.2, 0.25) is 0 Å². The van der Waals surface area contributed by atoms with Crippen molar-refractivity contribution in [2.75, 3.05) is 13.2 Å². The molecule has 0 radical (unpaired) electrons. The maximum absolute atomic E-state index is 12.9. The molecule has 1 unspecified atom stereocenters. The number of ether oxygens (including phenoxy) is 3. The van der Waals surface area contributed by atoms with Crippen LogP contribution in [0, 0.1) is 0 Å². The van der Waals surface area contributed by atoms with Crippen LogP contribution < -0.4 is 0 Å². The van der Waals surface area contributed by atoms with Gasteiger partial charge in [0, 0.05) is 19.3 Å². The fourth-order valence-corrected chi connectivity index (χ4v) is 9.29. The van der Waals surface area contributed by atoms with Crippen LogP contribution in [0.15, 0.2) is 109 Å². The van der Waals surface area contributed by atoms with Crippen LogP contribution in [0.25, 0.3) is 0 Å². The van der Waals surface area contributed by atoms with Gasteiger partial charge in [-0.2, -0.15) is 0 Å². The van der Waals surface area contributed by atoms with Crippen molar-refractivity contribution in [1.29, 1.82) is 0 Å². The van der Waals surface area contributed by atoms with Gasteiger partial charge in [0.15, 0.2) is 6.10 Å². The molecule has 0 aliphatic rings. The Hall–Kier alpha value is -3.93. The van der Waals surface area contributed by atoms with Crippen molar-refractivity contribution in [3.8, 4) is 0 Å². The topological polar surface area (TPSA) is 78.9 Å². The SMILES string of the molecule is CC/C=C\C/C=C\C/C=C\C/C=C\C/C=C\C/C=C\C/C=C\CCCCCC(=O)OCC(COC(=O)CCCCCCC/C=C\C/C=C\CCC)OC(=O)CCCCCCCCCCCCCCCCCCCCCCCCC. The highest BCUT2D eigenvalue weighted by atomic mass is 16.6. The lowest BCUT2D eigenvalue weighted by Crippen LogP contribution is -2.30. The fraction of sp³-hybridized carbons (Fsp3) is 0.712. The lowest BCUT2D eigenvalue weighted by atomic mass is 10.0. The zero-order valence-electron chi connectivity index (χ0n) is 51.9. The van der Waals surface area contributed by atoms with Gasteiger partial charge in [0.25, 0.3) is 0 Å². The van der Waals surface area contributed by atoms with E-state index in [0.717, 1.165) is 141 Å². The van der Waals surface area contributed by atoms with Gasteiger partial charge in [-0.25, -0.2) is 0 Å². The predicted octanol–water partition coefficient (Wildman–Crippen LogP) is 23.0. The van der Waals surface area contributed by atoms with Gasteiger partial charge in [0.2, 0.25) is 0 Å². The van der Waals surface area contributed by atoms with E-state index in [0.29, 0.717) is 19.3 Å². The van der Waals surface area contributed by atoms with Gasteiger partial charge in [0.1, 0.15) is 13.2 Å². The van der Waals surface area contributed by atoms with Crippen LogP contribution >= 0.6 is 0 Å². The lowest BCUT2D eigenvalue weighted by molar-refractivity contribution is -0.167. The molecule has 0 aliphatic heterocycles. The molecule has 452 valence electrons. The minimum absolute atomic E-state index is 0.0951. The van der Waals surface area contributed by atoms with Gasteiger partial charge >= 0.3 is 17.9 Å². The highest BCUT2D eigenvalue weighted by Gasteiger charge is 2.19. The van der Waals surface area contributed by atoms with E-state index in [1.54, 1.807) is 0 Å². The summed E-state index contributed by atoms with van der Waals surface area (Å²) in [5.41, 5.74) is 0. The average Bonchev–Trinajstić information content (AvgIpc) is 3.45. The Morgan fingerprint density at radius 3 is 0.835 bits per heavy atom. The summed E-state index contributed by atoms with van der Waals surface area (Å²) in [4.78, 5) is 38.3. The largest absolute Gasteiger partial charge is 0.462 e. The molecule has 0 rings (SSSR count). The number of unbranched alkanes of at least 4 members (excludes halogenated alkanes) is 31. The van der Waals surface area contributed by atoms with Crippen molar-refractivity contribution in [2.24, 2.45) is 0 Å². The van der Waals surface area contributed by atoms with Crippen molar-refractivity contribution in [3.63, 3.8) is 0 Å². The summed E-state index contributed by atoms with van der Waals surface area (Å²) in [6, 6.07) is 0. The lowest BCUT2D eigenvalue weighted by Gasteiger charge is -2.18. The molecule has 0 aromatic heterocycles. The molecular weight excluding hydrogens is 973 g/mol. The van der Waals surface area contributed by atoms with E-state index >= 15 is 0 Å². The predicted molar refractivity (Wildman–Crippen MR) is 343 cm³/mol. The Morgan fingerprint density at radius 2 is 0.519 bits per heavy atom. The Balaban J connectivity index is 4.38. The molecule has 0 fully saturated rings. The van der Waals surface area contributed by atoms with E-state index in [9.17, 15) is 14.4 Å². The second kappa shape index (κ2) is 66.6. The normalized spacial score (nSPS) is 12.8. The summed E-state index contributed by atoms with van der Waals surface area (Å²) in [7, 11) is 0. The third-order valence-corrected chi connectivity index (χ3v) is 14.2. The van der Waals surface area contributed by atoms with Gasteiger partial charge in [-0.3, -0.25) is 14.4 Å². The number of hydrogen-bond acceptors (Lipinski definition) is 6. The first kappa shape index (κ1) is 75.1. The van der Waals surface area contributed by atoms with E-state index < -0.39 is 6.10 Å². The zero-order chi connectivity index (χ0) is 57.1. The monoisotopic (exact) mass is 1100 g/mol. The molecule has 0 saturated carbocycles. The maximum atomic E-state index is 12.9. The Kier molecular flexibility index (Phi) is 63.3. The van der Waals surface area contributed by atoms with Gasteiger partial charge in [-0.1, -0.05) is 304 Å². The highest BCUT2D eigenvalue weighted by molar-refractivity contribution is 5.71. The van der Waals surface area contributed by atoms with Crippen LogP contribution in [0.4, 0.5) is 0 Å². The van der Waals surface area contributed by atoms with Crippen LogP contribution in [-0.4, -0.2) is 37.2 Å². The third-order valence-electron chi connectivity index (χ3n) is 14.2. The molecule has 6 heteroatoms. The second-order valence-corrected chi connectivity index (χ2v) is 22.0. The van der Waals surface area contributed by atoms with Crippen molar-refractivity contribution in [1.82, 2.24) is 0 Å². The molecule has 0 heterocycles. The molecule has 0 aromatic carbocycles. The second-order valence-electron chi connectivity index (χ2n) is 22.0. The Bertz CT molecular complexity index is 1590. The first-order valence-corrected chi connectivity index (χ1v) is 33.4. The van der Waals surface area contributed by atoms with Gasteiger partial charge in [-0.05, 0) is 103 Å². The van der Waals surface area contributed by atoms with Crippen molar-refractivity contribution >= 4 is 17.9 Å². The summed E-state index contributed by atoms with van der Waals surface area (Å²) >= 11 is 0. The van der Waals surface area contributed by atoms with E-state index in [4.69, 9.17) is 14.2 Å². The first-order valence-electron chi connectivity index (χ1n) is 33.4. The quantitative estimate of drug-likeness (QED) is 0.0261. The van der Waals surface area contributed by atoms with E-state index in [1.165, 1.54) is 135 Å². The third kappa shape index (κ3) is 64.8. The Morgan fingerprint density at radius 1 is 0.266 bits per heavy atom. The standard InChI is InChI=1S/C73H124O6/c1-4-7-10-13-16-19-22-25-27-29-31-33-35-36-38-39-41-43-45-48-51-54-57-60-63-66-72(75)78-69-70(68-77-71(74)65-62-59-56-53-50-47-24-21-18-15-12-9-6-3)79-73(76)67-64-61-58-55-52-49-46-44-42-40-37-34-32-30-28-26-23-20-17-14-11-8-5-2/h7,10,12,15-16,19,21,24-25,27,31,33,36,38,41,43,48,51,70H,4-6,8-9,11,13-14,17-18,20,22-23,26,28-30,32,34-35,37,39-40,42,44-47,49-50,52-69H2,1-3H3/b10-7-,15-12-,19-16-,24-21-,27-25-,33-31-,38-36-,43-41-,51-48-. The number of esters is 3. The summed E-state index contributed by atoms with van der Waals surface area (Å²) < 4.78 is 16.9. The van der Waals surface area contributed by atoms with Crippen LogP contribution in [-0.2, 0) is 28.6 Å². The molecule has 0 saturated heterocycles. The molecule has 0 aromatic rings. The highest BCUT2D eigenvalue weighted by Crippen LogP contribution is 2.17. The number of carbonyl (C=O) groups is 3. The molecule has 79 heavy (non-hydrogen) atoms. The fourth-order valence-electron chi connectivity index (χ4n) is 9.29. The van der Waals surface area contributed by atoms with E-state index in [-0.39, 0.29) is 31.1 Å². The molecule has 0 amide bonds. The molecule has 0 aliphatic carbocycles. The minimum atomic E-state index is -0.800. The smallest absolute Gasteiger partial charge is 0.306 e. The van der Waals surface area contributed by atoms with E-state index in [2.05, 4.69) is 130 Å². The average molecular weight is 1100 g/mol. The Labute approximate surface area is 489 Å². The minimum Gasteiger partial charge on any atom is -0.462 e. The molecule has 0 bridgehead atoms. The van der Waals surface area contributed by atoms with Gasteiger partial charge < -0.3 is 14.2 Å². The summed E-state index contributed by atoms with van der Waals surface area (Å²) in [6.07, 6.45) is 91.1. The number of rotatable bonds is 60. The first-order chi connectivity index (χ1) is 39.0. The van der Waals surface area contributed by atoms with Crippen molar-refractivity contribution in [2.45, 2.75) is 322 Å². The summed E-state index contributed by atoms with van der Waals surface area (Å²) in [5, 5.41) is 0. The van der Waals surface area contributed by atoms with Crippen LogP contribution in [0.3, 0.4) is 0 Å². The number of carbonyl (C=O) groups excluding carboxylic acids is 3. The van der Waals surface area contributed by atoms with Gasteiger partial charge in [-0.15, -0.1) is 0 Å². The summed E-state index contributed by atoms with van der Waals surface area (Å²) in [6.45, 7) is 6.45. The molecular formula is C73H124O6. The van der Waals surface area contributed by atoms with Crippen LogP contribution in [0.1, 0.15) is 316 Å². The maximum Gasteiger partial charge on any atom is 0.306 e. The zero-order valence-corrected chi connectivity index (χ0v) is 51.9. The van der Waals surface area contributed by atoms with Gasteiger partial charge in [0.05, 0.1) is 0 Å². The molecule has 6 nitrogen and oxygen atoms in total. The number of hydrogen-bond donors (Lipinski definition) is 0. The summed E-state index contributed by atoms with van der Waals surface area (Å²) in [5.74, 6) is -0.931. The van der Waals surface area contributed by atoms with Crippen molar-refractivity contribution in [3.05, 3.63) is 109 Å². The van der Waals surface area contributed by atoms with Crippen LogP contribution in [0.5, 0.6) is 0 Å². The molecule has 0 spiro atoms.